The number of hydrogen-bond acceptors (Lipinski definition) is 7. The first-order chi connectivity index (χ1) is 14.3. The molecule has 1 fully saturated rings. The van der Waals surface area contributed by atoms with Crippen molar-refractivity contribution in [3.63, 3.8) is 0 Å². The van der Waals surface area contributed by atoms with Crippen LogP contribution >= 0.6 is 0 Å². The van der Waals surface area contributed by atoms with Crippen LogP contribution in [-0.4, -0.2) is 86.7 Å². The normalized spacial score (nSPS) is 19.9. The maximum atomic E-state index is 12.8. The molecule has 5 atom stereocenters. The number of carbonyl (C=O) groups excluding carboxylic acids is 3. The van der Waals surface area contributed by atoms with Crippen LogP contribution in [0, 0.1) is 5.92 Å². The number of carbonyl (C=O) groups is 5. The molecule has 5 unspecified atom stereocenters. The van der Waals surface area contributed by atoms with Gasteiger partial charge in [-0.1, -0.05) is 13.8 Å². The summed E-state index contributed by atoms with van der Waals surface area (Å²) in [5.41, 5.74) is 5.62. The number of likely N-dealkylation sites (tertiary alicyclic amines) is 1. The van der Waals surface area contributed by atoms with Gasteiger partial charge in [-0.2, -0.15) is 0 Å². The van der Waals surface area contributed by atoms with E-state index in [1.807, 2.05) is 0 Å². The molecule has 176 valence electrons. The third-order valence-electron chi connectivity index (χ3n) is 4.93. The number of carboxylic acids is 2. The van der Waals surface area contributed by atoms with Gasteiger partial charge >= 0.3 is 11.9 Å². The Hall–Kier alpha value is -2.73. The molecule has 0 aliphatic carbocycles. The van der Waals surface area contributed by atoms with Crippen LogP contribution in [-0.2, 0) is 24.0 Å². The molecule has 12 nitrogen and oxygen atoms in total. The Labute approximate surface area is 180 Å². The van der Waals surface area contributed by atoms with Gasteiger partial charge in [-0.3, -0.25) is 19.2 Å². The lowest BCUT2D eigenvalue weighted by atomic mass is 10.0. The first-order valence-electron chi connectivity index (χ1n) is 10.1. The molecule has 0 aromatic carbocycles. The minimum atomic E-state index is -1.44. The van der Waals surface area contributed by atoms with E-state index in [2.05, 4.69) is 10.6 Å². The Kier molecular flexibility index (Phi) is 9.85. The van der Waals surface area contributed by atoms with Crippen molar-refractivity contribution in [3.8, 4) is 0 Å². The zero-order valence-corrected chi connectivity index (χ0v) is 17.9. The summed E-state index contributed by atoms with van der Waals surface area (Å²) in [5, 5.41) is 32.8. The highest BCUT2D eigenvalue weighted by atomic mass is 16.4. The van der Waals surface area contributed by atoms with Gasteiger partial charge in [0.1, 0.15) is 18.1 Å². The molecule has 1 heterocycles. The Morgan fingerprint density at radius 2 is 1.71 bits per heavy atom. The molecule has 12 heteroatoms. The third-order valence-corrected chi connectivity index (χ3v) is 4.93. The van der Waals surface area contributed by atoms with Crippen LogP contribution in [0.15, 0.2) is 0 Å². The third kappa shape index (κ3) is 7.79. The van der Waals surface area contributed by atoms with Gasteiger partial charge < -0.3 is 36.6 Å². The molecular weight excluding hydrogens is 412 g/mol. The second-order valence-electron chi connectivity index (χ2n) is 8.15. The number of aliphatic hydroxyl groups excluding tert-OH is 1. The zero-order chi connectivity index (χ0) is 23.9. The van der Waals surface area contributed by atoms with Crippen molar-refractivity contribution in [1.82, 2.24) is 15.5 Å². The molecule has 0 spiro atoms. The highest BCUT2D eigenvalue weighted by Gasteiger charge is 2.39. The lowest BCUT2D eigenvalue weighted by Gasteiger charge is -2.29. The van der Waals surface area contributed by atoms with Crippen LogP contribution in [0.4, 0.5) is 0 Å². The van der Waals surface area contributed by atoms with Crippen molar-refractivity contribution in [2.75, 3.05) is 6.54 Å². The van der Waals surface area contributed by atoms with E-state index in [4.69, 9.17) is 10.8 Å². The summed E-state index contributed by atoms with van der Waals surface area (Å²) >= 11 is 0. The van der Waals surface area contributed by atoms with Gasteiger partial charge in [-0.25, -0.2) is 4.79 Å². The quantitative estimate of drug-likeness (QED) is 0.214. The van der Waals surface area contributed by atoms with Crippen molar-refractivity contribution in [2.24, 2.45) is 11.7 Å². The number of carboxylic acid groups (broad SMARTS) is 2. The second kappa shape index (κ2) is 11.6. The number of hydrogen-bond donors (Lipinski definition) is 6. The van der Waals surface area contributed by atoms with Crippen LogP contribution in [0.1, 0.15) is 46.5 Å². The van der Waals surface area contributed by atoms with Gasteiger partial charge in [0.2, 0.25) is 17.7 Å². The van der Waals surface area contributed by atoms with Gasteiger partial charge in [-0.15, -0.1) is 0 Å². The molecule has 1 rings (SSSR count). The topological polar surface area (TPSA) is 199 Å². The van der Waals surface area contributed by atoms with Crippen LogP contribution < -0.4 is 16.4 Å². The summed E-state index contributed by atoms with van der Waals surface area (Å²) in [4.78, 5) is 61.1. The van der Waals surface area contributed by atoms with E-state index < -0.39 is 66.4 Å². The van der Waals surface area contributed by atoms with E-state index in [1.54, 1.807) is 13.8 Å². The molecule has 1 aliphatic heterocycles. The predicted molar refractivity (Wildman–Crippen MR) is 108 cm³/mol. The van der Waals surface area contributed by atoms with E-state index in [1.165, 1.54) is 11.8 Å². The van der Waals surface area contributed by atoms with Crippen LogP contribution in [0.25, 0.3) is 0 Å². The average molecular weight is 444 g/mol. The molecule has 31 heavy (non-hydrogen) atoms. The van der Waals surface area contributed by atoms with E-state index in [0.717, 1.165) is 0 Å². The number of nitrogens with two attached hydrogens (primary N) is 1. The van der Waals surface area contributed by atoms with Crippen LogP contribution in [0.2, 0.25) is 0 Å². The molecule has 3 amide bonds. The first-order valence-corrected chi connectivity index (χ1v) is 10.1. The summed E-state index contributed by atoms with van der Waals surface area (Å²) in [6.07, 6.45) is -1.01. The lowest BCUT2D eigenvalue weighted by molar-refractivity contribution is -0.145. The largest absolute Gasteiger partial charge is 0.481 e. The molecule has 0 bridgehead atoms. The fourth-order valence-corrected chi connectivity index (χ4v) is 3.40. The molecular formula is C19H32N4O8. The van der Waals surface area contributed by atoms with Gasteiger partial charge in [0.05, 0.1) is 18.6 Å². The number of nitrogens with one attached hydrogen (secondary N) is 2. The molecule has 1 saturated heterocycles. The number of amides is 3. The Morgan fingerprint density at radius 1 is 1.10 bits per heavy atom. The van der Waals surface area contributed by atoms with Gasteiger partial charge in [0.15, 0.2) is 0 Å². The van der Waals surface area contributed by atoms with Crippen molar-refractivity contribution in [1.29, 1.82) is 0 Å². The zero-order valence-electron chi connectivity index (χ0n) is 17.9. The van der Waals surface area contributed by atoms with Crippen molar-refractivity contribution in [2.45, 2.75) is 76.7 Å². The standard InChI is InChI=1S/C19H32N4O8/c1-9(2)7-12(19(30)31)21-17(28)15(10(3)24)22-16(27)13-5-4-6-23(13)18(29)11(20)8-14(25)26/h9-13,15,24H,4-8,20H2,1-3H3,(H,21,28)(H,22,27)(H,25,26)(H,30,31). The number of nitrogens with zero attached hydrogens (tertiary/aromatic N) is 1. The summed E-state index contributed by atoms with van der Waals surface area (Å²) in [6, 6.07) is -4.92. The lowest BCUT2D eigenvalue weighted by Crippen LogP contribution is -2.59. The SMILES string of the molecule is CC(C)CC(NC(=O)C(NC(=O)C1CCCN1C(=O)C(N)CC(=O)O)C(C)O)C(=O)O. The van der Waals surface area contributed by atoms with Crippen molar-refractivity contribution in [3.05, 3.63) is 0 Å². The van der Waals surface area contributed by atoms with Crippen molar-refractivity contribution >= 4 is 29.7 Å². The summed E-state index contributed by atoms with van der Waals surface area (Å²) in [6.45, 7) is 5.04. The van der Waals surface area contributed by atoms with E-state index in [9.17, 15) is 34.2 Å². The van der Waals surface area contributed by atoms with Crippen LogP contribution in [0.5, 0.6) is 0 Å². The Bertz CT molecular complexity index is 696. The van der Waals surface area contributed by atoms with Crippen molar-refractivity contribution < 1.29 is 39.3 Å². The average Bonchev–Trinajstić information content (AvgIpc) is 3.13. The van der Waals surface area contributed by atoms with Crippen LogP contribution in [0.3, 0.4) is 0 Å². The molecule has 7 N–H and O–H groups in total. The highest BCUT2D eigenvalue weighted by molar-refractivity contribution is 5.95. The van der Waals surface area contributed by atoms with E-state index in [-0.39, 0.29) is 25.3 Å². The molecule has 0 aromatic rings. The monoisotopic (exact) mass is 444 g/mol. The molecule has 0 aromatic heterocycles. The summed E-state index contributed by atoms with van der Waals surface area (Å²) < 4.78 is 0. The Morgan fingerprint density at radius 3 is 2.19 bits per heavy atom. The smallest absolute Gasteiger partial charge is 0.326 e. The molecule has 0 radical (unpaired) electrons. The number of aliphatic hydroxyl groups is 1. The maximum Gasteiger partial charge on any atom is 0.326 e. The highest BCUT2D eigenvalue weighted by Crippen LogP contribution is 2.19. The fraction of sp³-hybridized carbons (Fsp3) is 0.737. The minimum Gasteiger partial charge on any atom is -0.481 e. The molecule has 1 aliphatic rings. The summed E-state index contributed by atoms with van der Waals surface area (Å²) in [5.74, 6) is -4.78. The van der Waals surface area contributed by atoms with Gasteiger partial charge in [0, 0.05) is 6.54 Å². The predicted octanol–water partition coefficient (Wildman–Crippen LogP) is -1.74. The second-order valence-corrected chi connectivity index (χ2v) is 8.15. The van der Waals surface area contributed by atoms with E-state index >= 15 is 0 Å². The van der Waals surface area contributed by atoms with Gasteiger partial charge in [0.25, 0.3) is 0 Å². The molecule has 0 saturated carbocycles. The maximum absolute atomic E-state index is 12.8. The first kappa shape index (κ1) is 26.3. The van der Waals surface area contributed by atoms with E-state index in [0.29, 0.717) is 6.42 Å². The Balaban J connectivity index is 2.88. The fourth-order valence-electron chi connectivity index (χ4n) is 3.40. The summed E-state index contributed by atoms with van der Waals surface area (Å²) in [7, 11) is 0. The minimum absolute atomic E-state index is 0.0194. The number of aliphatic carboxylic acids is 2. The van der Waals surface area contributed by atoms with Gasteiger partial charge in [-0.05, 0) is 32.1 Å². The number of rotatable bonds is 11.